The molecule has 1 aromatic heterocycles. The molecule has 2 aliphatic rings. The number of hydrogen-bond acceptors (Lipinski definition) is 3. The molecule has 1 saturated heterocycles. The number of aryl methyl sites for hydroxylation is 1. The summed E-state index contributed by atoms with van der Waals surface area (Å²) >= 11 is 0. The molecule has 0 N–H and O–H groups in total. The Balaban J connectivity index is 1.50. The summed E-state index contributed by atoms with van der Waals surface area (Å²) in [5.41, 5.74) is 5.32. The van der Waals surface area contributed by atoms with E-state index in [0.29, 0.717) is 5.92 Å². The molecular formula is C20H27N3O. The lowest BCUT2D eigenvalue weighted by molar-refractivity contribution is 0.0391. The Bertz CT molecular complexity index is 674. The van der Waals surface area contributed by atoms with Gasteiger partial charge in [0.25, 0.3) is 0 Å². The van der Waals surface area contributed by atoms with Gasteiger partial charge in [0.1, 0.15) is 0 Å². The van der Waals surface area contributed by atoms with Crippen molar-refractivity contribution in [3.8, 4) is 11.3 Å². The molecule has 128 valence electrons. The van der Waals surface area contributed by atoms with E-state index in [2.05, 4.69) is 47.0 Å². The van der Waals surface area contributed by atoms with Crippen LogP contribution in [0.2, 0.25) is 0 Å². The minimum atomic E-state index is 0.712. The van der Waals surface area contributed by atoms with Crippen LogP contribution in [0.15, 0.2) is 30.3 Å². The molecule has 0 aliphatic carbocycles. The van der Waals surface area contributed by atoms with Crippen LogP contribution in [0.25, 0.3) is 11.3 Å². The fourth-order valence-electron chi connectivity index (χ4n) is 4.19. The van der Waals surface area contributed by atoms with Crippen LogP contribution >= 0.6 is 0 Å². The molecule has 0 radical (unpaired) electrons. The predicted molar refractivity (Wildman–Crippen MR) is 96.0 cm³/mol. The van der Waals surface area contributed by atoms with Gasteiger partial charge in [-0.15, -0.1) is 0 Å². The number of nitrogens with zero attached hydrogens (tertiary/aromatic N) is 3. The summed E-state index contributed by atoms with van der Waals surface area (Å²) < 4.78 is 7.73. The van der Waals surface area contributed by atoms with Crippen molar-refractivity contribution >= 4 is 0 Å². The molecule has 3 heterocycles. The zero-order chi connectivity index (χ0) is 16.4. The van der Waals surface area contributed by atoms with E-state index in [1.54, 1.807) is 0 Å². The van der Waals surface area contributed by atoms with Crippen molar-refractivity contribution in [1.29, 1.82) is 0 Å². The van der Waals surface area contributed by atoms with Crippen LogP contribution in [0.3, 0.4) is 0 Å². The molecule has 1 fully saturated rings. The van der Waals surface area contributed by atoms with Crippen molar-refractivity contribution in [2.45, 2.75) is 25.7 Å². The second kappa shape index (κ2) is 7.08. The van der Waals surface area contributed by atoms with Crippen LogP contribution in [-0.2, 0) is 24.6 Å². The van der Waals surface area contributed by atoms with E-state index in [1.807, 2.05) is 0 Å². The molecule has 0 saturated carbocycles. The molecule has 4 rings (SSSR count). The number of benzene rings is 1. The van der Waals surface area contributed by atoms with Gasteiger partial charge in [0, 0.05) is 50.8 Å². The summed E-state index contributed by atoms with van der Waals surface area (Å²) in [4.78, 5) is 2.62. The third-order valence-electron chi connectivity index (χ3n) is 5.39. The van der Waals surface area contributed by atoms with E-state index in [0.717, 1.165) is 39.1 Å². The first-order valence-electron chi connectivity index (χ1n) is 9.21. The molecule has 0 amide bonds. The number of rotatable bonds is 3. The number of aromatic nitrogens is 2. The molecule has 0 spiro atoms. The summed E-state index contributed by atoms with van der Waals surface area (Å²) in [5.74, 6) is 0.712. The first-order valence-corrected chi connectivity index (χ1v) is 9.21. The van der Waals surface area contributed by atoms with Gasteiger partial charge in [-0.25, -0.2) is 0 Å². The van der Waals surface area contributed by atoms with Crippen LogP contribution in [0, 0.1) is 5.92 Å². The van der Waals surface area contributed by atoms with Gasteiger partial charge in [-0.1, -0.05) is 30.3 Å². The summed E-state index contributed by atoms with van der Waals surface area (Å²) in [6, 6.07) is 10.7. The Labute approximate surface area is 144 Å². The first-order chi connectivity index (χ1) is 11.8. The van der Waals surface area contributed by atoms with E-state index in [1.165, 1.54) is 41.9 Å². The highest BCUT2D eigenvalue weighted by atomic mass is 16.5. The Morgan fingerprint density at radius 3 is 2.79 bits per heavy atom. The average molecular weight is 325 g/mol. The van der Waals surface area contributed by atoms with E-state index >= 15 is 0 Å². The molecule has 0 bridgehead atoms. The Hall–Kier alpha value is -1.65. The molecule has 24 heavy (non-hydrogen) atoms. The Morgan fingerprint density at radius 1 is 1.17 bits per heavy atom. The third kappa shape index (κ3) is 3.26. The molecule has 1 unspecified atom stereocenters. The van der Waals surface area contributed by atoms with Crippen LogP contribution in [0.4, 0.5) is 0 Å². The van der Waals surface area contributed by atoms with E-state index < -0.39 is 0 Å². The molecule has 2 aromatic rings. The van der Waals surface area contributed by atoms with Crippen molar-refractivity contribution in [2.24, 2.45) is 13.0 Å². The minimum Gasteiger partial charge on any atom is -0.381 e. The standard InChI is InChI=1S/C20H27N3O/c1-22-20(17-7-3-2-4-8-17)18-9-11-23(12-10-19(18)21-22)14-16-6-5-13-24-15-16/h2-4,7-8,16H,5-6,9-15H2,1H3. The zero-order valence-corrected chi connectivity index (χ0v) is 14.6. The summed E-state index contributed by atoms with van der Waals surface area (Å²) in [6.45, 7) is 5.33. The number of fused-ring (bicyclic) bond motifs is 1. The van der Waals surface area contributed by atoms with E-state index in [-0.39, 0.29) is 0 Å². The lowest BCUT2D eigenvalue weighted by Crippen LogP contribution is -2.35. The van der Waals surface area contributed by atoms with Gasteiger partial charge in [-0.3, -0.25) is 4.68 Å². The van der Waals surface area contributed by atoms with Crippen molar-refractivity contribution < 1.29 is 4.74 Å². The fraction of sp³-hybridized carbons (Fsp3) is 0.550. The van der Waals surface area contributed by atoms with Gasteiger partial charge in [0.05, 0.1) is 18.0 Å². The maximum absolute atomic E-state index is 5.65. The maximum Gasteiger partial charge on any atom is 0.0714 e. The second-order valence-corrected chi connectivity index (χ2v) is 7.15. The van der Waals surface area contributed by atoms with Crippen LogP contribution in [0.1, 0.15) is 24.1 Å². The maximum atomic E-state index is 5.65. The van der Waals surface area contributed by atoms with E-state index in [4.69, 9.17) is 9.84 Å². The summed E-state index contributed by atoms with van der Waals surface area (Å²) in [5, 5.41) is 4.83. The second-order valence-electron chi connectivity index (χ2n) is 7.15. The Kier molecular flexibility index (Phi) is 4.67. The minimum absolute atomic E-state index is 0.712. The SMILES string of the molecule is Cn1nc2c(c1-c1ccccc1)CCN(CC1CCCOC1)CC2. The molecular weight excluding hydrogens is 298 g/mol. The summed E-state index contributed by atoms with van der Waals surface area (Å²) in [6.07, 6.45) is 4.70. The monoisotopic (exact) mass is 325 g/mol. The van der Waals surface area contributed by atoms with Gasteiger partial charge in [0.15, 0.2) is 0 Å². The third-order valence-corrected chi connectivity index (χ3v) is 5.39. The van der Waals surface area contributed by atoms with Gasteiger partial charge in [-0.05, 0) is 25.2 Å². The van der Waals surface area contributed by atoms with Crippen LogP contribution in [-0.4, -0.2) is 47.5 Å². The first kappa shape index (κ1) is 15.9. The largest absolute Gasteiger partial charge is 0.381 e. The number of ether oxygens (including phenoxy) is 1. The van der Waals surface area contributed by atoms with Gasteiger partial charge >= 0.3 is 0 Å². The quantitative estimate of drug-likeness (QED) is 0.869. The zero-order valence-electron chi connectivity index (χ0n) is 14.6. The highest BCUT2D eigenvalue weighted by Gasteiger charge is 2.24. The highest BCUT2D eigenvalue weighted by molar-refractivity contribution is 5.64. The van der Waals surface area contributed by atoms with Gasteiger partial charge in [-0.2, -0.15) is 5.10 Å². The molecule has 4 heteroatoms. The smallest absolute Gasteiger partial charge is 0.0714 e. The lowest BCUT2D eigenvalue weighted by Gasteiger charge is -2.28. The predicted octanol–water partition coefficient (Wildman–Crippen LogP) is 2.91. The summed E-state index contributed by atoms with van der Waals surface area (Å²) in [7, 11) is 2.08. The topological polar surface area (TPSA) is 30.3 Å². The molecule has 1 aromatic carbocycles. The van der Waals surface area contributed by atoms with Crippen molar-refractivity contribution in [3.63, 3.8) is 0 Å². The normalized spacial score (nSPS) is 22.1. The van der Waals surface area contributed by atoms with Crippen molar-refractivity contribution in [1.82, 2.24) is 14.7 Å². The molecule has 1 atom stereocenters. The fourth-order valence-corrected chi connectivity index (χ4v) is 4.19. The van der Waals surface area contributed by atoms with Crippen LogP contribution in [0.5, 0.6) is 0 Å². The Morgan fingerprint density at radius 2 is 2.00 bits per heavy atom. The van der Waals surface area contributed by atoms with Crippen molar-refractivity contribution in [3.05, 3.63) is 41.6 Å². The van der Waals surface area contributed by atoms with E-state index in [9.17, 15) is 0 Å². The lowest BCUT2D eigenvalue weighted by atomic mass is 10.0. The van der Waals surface area contributed by atoms with Crippen LogP contribution < -0.4 is 0 Å². The highest BCUT2D eigenvalue weighted by Crippen LogP contribution is 2.28. The van der Waals surface area contributed by atoms with Crippen molar-refractivity contribution in [2.75, 3.05) is 32.8 Å². The average Bonchev–Trinajstić information content (AvgIpc) is 2.82. The molecule has 4 nitrogen and oxygen atoms in total. The van der Waals surface area contributed by atoms with Gasteiger partial charge < -0.3 is 9.64 Å². The number of hydrogen-bond donors (Lipinski definition) is 0. The molecule has 2 aliphatic heterocycles. The van der Waals surface area contributed by atoms with Gasteiger partial charge in [0.2, 0.25) is 0 Å².